The molecule has 0 bridgehead atoms. The molecule has 3 aromatic carbocycles. The number of nitrogens with one attached hydrogen (secondary N) is 1. The highest BCUT2D eigenvalue weighted by Crippen LogP contribution is 2.28. The first-order chi connectivity index (χ1) is 19.5. The number of hydrogen-bond acceptors (Lipinski definition) is 4. The highest BCUT2D eigenvalue weighted by atomic mass is 79.9. The summed E-state index contributed by atoms with van der Waals surface area (Å²) in [6.07, 6.45) is 2.03. The molecular weight excluding hydrogens is 649 g/mol. The quantitative estimate of drug-likeness (QED) is 0.197. The van der Waals surface area contributed by atoms with E-state index in [1.165, 1.54) is 17.0 Å². The minimum Gasteiger partial charge on any atom is -0.354 e. The van der Waals surface area contributed by atoms with E-state index >= 15 is 0 Å². The van der Waals surface area contributed by atoms with Gasteiger partial charge in [0.1, 0.15) is 12.6 Å². The molecule has 0 aliphatic carbocycles. The van der Waals surface area contributed by atoms with Gasteiger partial charge in [0.25, 0.3) is 10.0 Å². The monoisotopic (exact) mass is 681 g/mol. The summed E-state index contributed by atoms with van der Waals surface area (Å²) < 4.78 is 29.7. The van der Waals surface area contributed by atoms with Gasteiger partial charge in [-0.1, -0.05) is 83.2 Å². The third-order valence-electron chi connectivity index (χ3n) is 6.55. The van der Waals surface area contributed by atoms with Gasteiger partial charge in [-0.15, -0.1) is 0 Å². The van der Waals surface area contributed by atoms with Gasteiger partial charge in [-0.05, 0) is 73.9 Å². The number of benzene rings is 3. The van der Waals surface area contributed by atoms with Gasteiger partial charge in [-0.2, -0.15) is 0 Å². The lowest BCUT2D eigenvalue weighted by atomic mass is 10.1. The van der Waals surface area contributed by atoms with E-state index in [-0.39, 0.29) is 17.3 Å². The second kappa shape index (κ2) is 15.0. The van der Waals surface area contributed by atoms with Crippen LogP contribution in [0.4, 0.5) is 5.69 Å². The Morgan fingerprint density at radius 3 is 2.20 bits per heavy atom. The lowest BCUT2D eigenvalue weighted by Crippen LogP contribution is -2.52. The van der Waals surface area contributed by atoms with Crippen molar-refractivity contribution in [1.29, 1.82) is 0 Å². The van der Waals surface area contributed by atoms with Crippen molar-refractivity contribution in [1.82, 2.24) is 10.2 Å². The molecule has 0 fully saturated rings. The highest BCUT2D eigenvalue weighted by Gasteiger charge is 2.33. The molecule has 1 N–H and O–H groups in total. The lowest BCUT2D eigenvalue weighted by molar-refractivity contribution is -0.140. The third kappa shape index (κ3) is 8.70. The fourth-order valence-electron chi connectivity index (χ4n) is 4.23. The molecule has 0 spiro atoms. The van der Waals surface area contributed by atoms with Crippen LogP contribution in [0.1, 0.15) is 44.2 Å². The maximum atomic E-state index is 14.1. The summed E-state index contributed by atoms with van der Waals surface area (Å²) in [6, 6.07) is 17.3. The molecule has 41 heavy (non-hydrogen) atoms. The van der Waals surface area contributed by atoms with Crippen molar-refractivity contribution in [2.75, 3.05) is 17.4 Å². The van der Waals surface area contributed by atoms with Gasteiger partial charge in [-0.25, -0.2) is 8.42 Å². The van der Waals surface area contributed by atoms with Crippen molar-refractivity contribution in [2.24, 2.45) is 0 Å². The number of hydrogen-bond donors (Lipinski definition) is 1. The summed E-state index contributed by atoms with van der Waals surface area (Å²) in [5.41, 5.74) is 1.88. The Labute approximate surface area is 261 Å². The van der Waals surface area contributed by atoms with Crippen LogP contribution in [0.25, 0.3) is 0 Å². The van der Waals surface area contributed by atoms with Gasteiger partial charge in [0.05, 0.1) is 20.6 Å². The Hall–Kier alpha value is -2.59. The number of rotatable bonds is 13. The van der Waals surface area contributed by atoms with Gasteiger partial charge in [0.2, 0.25) is 11.8 Å². The summed E-state index contributed by atoms with van der Waals surface area (Å²) >= 11 is 15.7. The first-order valence-corrected chi connectivity index (χ1v) is 16.3. The number of amides is 2. The summed E-state index contributed by atoms with van der Waals surface area (Å²) in [6.45, 7) is 5.70. The average Bonchev–Trinajstić information content (AvgIpc) is 2.94. The second-order valence-corrected chi connectivity index (χ2v) is 13.2. The molecule has 0 radical (unpaired) electrons. The summed E-state index contributed by atoms with van der Waals surface area (Å²) in [5.74, 6) is -0.835. The smallest absolute Gasteiger partial charge is 0.264 e. The van der Waals surface area contributed by atoms with E-state index in [1.807, 2.05) is 20.8 Å². The molecule has 7 nitrogen and oxygen atoms in total. The number of carbonyl (C=O) groups excluding carboxylic acids is 2. The number of unbranched alkanes of at least 4 members (excludes halogenated alkanes) is 1. The van der Waals surface area contributed by atoms with Crippen LogP contribution in [0.5, 0.6) is 0 Å². The molecule has 3 aromatic rings. The maximum absolute atomic E-state index is 14.1. The molecule has 0 saturated carbocycles. The minimum absolute atomic E-state index is 0.0359. The molecule has 0 aliphatic rings. The zero-order valence-electron chi connectivity index (χ0n) is 23.2. The van der Waals surface area contributed by atoms with Gasteiger partial charge in [0.15, 0.2) is 0 Å². The number of sulfonamides is 1. The number of aryl methyl sites for hydroxylation is 1. The molecule has 0 aliphatic heterocycles. The van der Waals surface area contributed by atoms with Gasteiger partial charge in [0, 0.05) is 17.6 Å². The molecule has 0 aromatic heterocycles. The summed E-state index contributed by atoms with van der Waals surface area (Å²) in [7, 11) is -4.14. The Morgan fingerprint density at radius 1 is 0.951 bits per heavy atom. The molecule has 3 rings (SSSR count). The first-order valence-electron chi connectivity index (χ1n) is 13.3. The van der Waals surface area contributed by atoms with Crippen molar-refractivity contribution in [3.8, 4) is 0 Å². The fourth-order valence-corrected chi connectivity index (χ4v) is 6.23. The number of nitrogens with zero attached hydrogens (tertiary/aromatic N) is 2. The molecule has 1 atom stereocenters. The predicted molar refractivity (Wildman–Crippen MR) is 169 cm³/mol. The van der Waals surface area contributed by atoms with Crippen molar-refractivity contribution >= 4 is 66.7 Å². The number of anilines is 1. The van der Waals surface area contributed by atoms with Gasteiger partial charge < -0.3 is 10.2 Å². The van der Waals surface area contributed by atoms with E-state index < -0.39 is 28.5 Å². The molecular formula is C30H34BrCl2N3O4S. The molecule has 220 valence electrons. The van der Waals surface area contributed by atoms with Crippen LogP contribution >= 0.6 is 39.1 Å². The normalized spacial score (nSPS) is 12.0. The van der Waals surface area contributed by atoms with Crippen LogP contribution in [-0.2, 0) is 26.2 Å². The van der Waals surface area contributed by atoms with E-state index in [9.17, 15) is 18.0 Å². The third-order valence-corrected chi connectivity index (χ3v) is 9.61. The Morgan fingerprint density at radius 2 is 1.61 bits per heavy atom. The molecule has 1 unspecified atom stereocenters. The highest BCUT2D eigenvalue weighted by molar-refractivity contribution is 9.10. The standard InChI is InChI=1S/C30H34BrCl2N3O4S/c1-4-6-17-34-30(38)28(5-2)35(19-22-9-16-26(32)27(33)18-22)29(37)20-36(24-12-10-23(31)11-13-24)41(39,40)25-14-7-21(3)8-15-25/h7-16,18,28H,4-6,17,19-20H2,1-3H3,(H,34,38). The van der Waals surface area contributed by atoms with E-state index in [4.69, 9.17) is 23.2 Å². The first kappa shape index (κ1) is 32.9. The van der Waals surface area contributed by atoms with Crippen LogP contribution in [0.3, 0.4) is 0 Å². The number of halogens is 3. The van der Waals surface area contributed by atoms with Crippen LogP contribution in [0.2, 0.25) is 10.0 Å². The summed E-state index contributed by atoms with van der Waals surface area (Å²) in [4.78, 5) is 28.8. The maximum Gasteiger partial charge on any atom is 0.264 e. The van der Waals surface area contributed by atoms with Crippen molar-refractivity contribution in [2.45, 2.75) is 57.5 Å². The van der Waals surface area contributed by atoms with Crippen molar-refractivity contribution < 1.29 is 18.0 Å². The number of carbonyl (C=O) groups is 2. The topological polar surface area (TPSA) is 86.8 Å². The van der Waals surface area contributed by atoms with E-state index in [2.05, 4.69) is 21.2 Å². The lowest BCUT2D eigenvalue weighted by Gasteiger charge is -2.33. The van der Waals surface area contributed by atoms with E-state index in [1.54, 1.807) is 54.6 Å². The zero-order chi connectivity index (χ0) is 30.2. The van der Waals surface area contributed by atoms with Crippen LogP contribution in [-0.4, -0.2) is 44.3 Å². The Bertz CT molecular complexity index is 1450. The second-order valence-electron chi connectivity index (χ2n) is 9.64. The Balaban J connectivity index is 2.04. The van der Waals surface area contributed by atoms with E-state index in [0.717, 1.165) is 27.2 Å². The summed E-state index contributed by atoms with van der Waals surface area (Å²) in [5, 5.41) is 3.59. The molecule has 2 amide bonds. The van der Waals surface area contributed by atoms with Crippen LogP contribution in [0, 0.1) is 6.92 Å². The SMILES string of the molecule is CCCCNC(=O)C(CC)N(Cc1ccc(Cl)c(Cl)c1)C(=O)CN(c1ccc(Br)cc1)S(=O)(=O)c1ccc(C)cc1. The zero-order valence-corrected chi connectivity index (χ0v) is 27.2. The van der Waals surface area contributed by atoms with E-state index in [0.29, 0.717) is 34.3 Å². The largest absolute Gasteiger partial charge is 0.354 e. The van der Waals surface area contributed by atoms with Gasteiger partial charge in [-0.3, -0.25) is 13.9 Å². The average molecular weight is 683 g/mol. The van der Waals surface area contributed by atoms with Gasteiger partial charge >= 0.3 is 0 Å². The Kier molecular flexibility index (Phi) is 12.1. The van der Waals surface area contributed by atoms with Crippen molar-refractivity contribution in [3.05, 3.63) is 92.4 Å². The van der Waals surface area contributed by atoms with Crippen LogP contribution in [0.15, 0.2) is 76.1 Å². The van der Waals surface area contributed by atoms with Crippen molar-refractivity contribution in [3.63, 3.8) is 0 Å². The predicted octanol–water partition coefficient (Wildman–Crippen LogP) is 6.98. The fraction of sp³-hybridized carbons (Fsp3) is 0.333. The molecule has 0 heterocycles. The minimum atomic E-state index is -4.14. The van der Waals surface area contributed by atoms with Crippen LogP contribution < -0.4 is 9.62 Å². The molecule has 0 saturated heterocycles. The molecule has 11 heteroatoms.